The Morgan fingerprint density at radius 3 is 2.65 bits per heavy atom. The summed E-state index contributed by atoms with van der Waals surface area (Å²) < 4.78 is 37.2. The average molecular weight is 466 g/mol. The van der Waals surface area contributed by atoms with Crippen molar-refractivity contribution in [2.24, 2.45) is 0 Å². The molecule has 0 aliphatic heterocycles. The van der Waals surface area contributed by atoms with Crippen molar-refractivity contribution in [2.45, 2.75) is 30.4 Å². The summed E-state index contributed by atoms with van der Waals surface area (Å²) >= 11 is 5.52. The first kappa shape index (κ1) is 22.9. The predicted octanol–water partition coefficient (Wildman–Crippen LogP) is 4.37. The van der Waals surface area contributed by atoms with Gasteiger partial charge in [0.25, 0.3) is 0 Å². The minimum absolute atomic E-state index is 0.0770. The number of hydrogen-bond donors (Lipinski definition) is 1. The minimum atomic E-state index is -3.68. The number of carbonyl (C=O) groups excluding carboxylic acids is 1. The van der Waals surface area contributed by atoms with Crippen LogP contribution >= 0.6 is 11.6 Å². The number of amides is 1. The smallest absolute Gasteiger partial charge is 0.411 e. The highest BCUT2D eigenvalue weighted by Gasteiger charge is 2.34. The zero-order valence-electron chi connectivity index (χ0n) is 17.7. The molecule has 10 heteroatoms. The first-order valence-electron chi connectivity index (χ1n) is 9.48. The topological polar surface area (TPSA) is 99.0 Å². The van der Waals surface area contributed by atoms with Crippen LogP contribution in [-0.4, -0.2) is 48.2 Å². The van der Waals surface area contributed by atoms with E-state index in [1.165, 1.54) is 13.3 Å². The van der Waals surface area contributed by atoms with Crippen molar-refractivity contribution >= 4 is 38.9 Å². The van der Waals surface area contributed by atoms with Gasteiger partial charge >= 0.3 is 6.09 Å². The number of alkyl halides is 1. The number of pyridine rings is 1. The Hall–Kier alpha value is -2.78. The Kier molecular flexibility index (Phi) is 6.47. The summed E-state index contributed by atoms with van der Waals surface area (Å²) in [6.07, 6.45) is 2.54. The fourth-order valence-electron chi connectivity index (χ4n) is 2.93. The third kappa shape index (κ3) is 4.62. The first-order valence-corrected chi connectivity index (χ1v) is 11.5. The van der Waals surface area contributed by atoms with Crippen LogP contribution in [-0.2, 0) is 14.6 Å². The summed E-state index contributed by atoms with van der Waals surface area (Å²) in [4.78, 5) is 16.3. The van der Waals surface area contributed by atoms with E-state index in [9.17, 15) is 13.2 Å². The number of carbonyl (C=O) groups is 1. The van der Waals surface area contributed by atoms with Crippen LogP contribution in [0.3, 0.4) is 0 Å². The van der Waals surface area contributed by atoms with Crippen LogP contribution < -0.4 is 10.1 Å². The first-order chi connectivity index (χ1) is 14.6. The Morgan fingerprint density at radius 1 is 1.26 bits per heavy atom. The average Bonchev–Trinajstić information content (AvgIpc) is 3.13. The van der Waals surface area contributed by atoms with Gasteiger partial charge in [0.1, 0.15) is 22.9 Å². The molecule has 1 aromatic carbocycles. The van der Waals surface area contributed by atoms with Crippen molar-refractivity contribution in [3.05, 3.63) is 42.7 Å². The number of ether oxygens (including phenoxy) is 2. The molecule has 1 amide bonds. The fraction of sp³-hybridized carbons (Fsp3) is 0.333. The number of imidazole rings is 1. The predicted molar refractivity (Wildman–Crippen MR) is 120 cm³/mol. The van der Waals surface area contributed by atoms with Crippen LogP contribution in [0.4, 0.5) is 10.5 Å². The van der Waals surface area contributed by atoms with Crippen molar-refractivity contribution in [2.75, 3.05) is 24.9 Å². The molecule has 0 fully saturated rings. The van der Waals surface area contributed by atoms with Gasteiger partial charge in [-0.2, -0.15) is 0 Å². The molecule has 0 aliphatic carbocycles. The standard InChI is InChI=1S/C21H24ClN3O5S/c1-21(2,3)31(27,28)18-13-25-16(12-23-19(25)11-17(18)29-4)14-6-5-7-15(10-14)24-20(26)30-9-8-22/h5-7,10-13H,8-9H2,1-4H3,(H,24,26). The zero-order chi connectivity index (χ0) is 22.8. The number of nitrogens with zero attached hydrogens (tertiary/aromatic N) is 2. The molecule has 1 N–H and O–H groups in total. The van der Waals surface area contributed by atoms with Crippen LogP contribution in [0.1, 0.15) is 20.8 Å². The van der Waals surface area contributed by atoms with Gasteiger partial charge in [-0.1, -0.05) is 12.1 Å². The van der Waals surface area contributed by atoms with Gasteiger partial charge < -0.3 is 9.47 Å². The van der Waals surface area contributed by atoms with Crippen molar-refractivity contribution < 1.29 is 22.7 Å². The van der Waals surface area contributed by atoms with Gasteiger partial charge in [0.05, 0.1) is 29.6 Å². The van der Waals surface area contributed by atoms with E-state index in [0.717, 1.165) is 5.56 Å². The summed E-state index contributed by atoms with van der Waals surface area (Å²) in [7, 11) is -2.25. The molecule has 0 bridgehead atoms. The lowest BCUT2D eigenvalue weighted by Gasteiger charge is -2.21. The SMILES string of the molecule is COc1cc2ncc(-c3cccc(NC(=O)OCCCl)c3)n2cc1S(=O)(=O)C(C)(C)C. The summed E-state index contributed by atoms with van der Waals surface area (Å²) in [5.74, 6) is 0.440. The molecular weight excluding hydrogens is 442 g/mol. The number of aromatic nitrogens is 2. The van der Waals surface area contributed by atoms with Crippen molar-refractivity contribution in [1.82, 2.24) is 9.38 Å². The number of fused-ring (bicyclic) bond motifs is 1. The van der Waals surface area contributed by atoms with E-state index >= 15 is 0 Å². The molecule has 0 atom stereocenters. The highest BCUT2D eigenvalue weighted by atomic mass is 35.5. The summed E-state index contributed by atoms with van der Waals surface area (Å²) in [6.45, 7) is 5.02. The number of methoxy groups -OCH3 is 1. The molecule has 2 heterocycles. The lowest BCUT2D eigenvalue weighted by molar-refractivity contribution is 0.168. The fourth-order valence-corrected chi connectivity index (χ4v) is 4.32. The second kappa shape index (κ2) is 8.76. The normalized spacial score (nSPS) is 12.0. The van der Waals surface area contributed by atoms with E-state index in [4.69, 9.17) is 21.1 Å². The van der Waals surface area contributed by atoms with Crippen molar-refractivity contribution in [1.29, 1.82) is 0 Å². The molecule has 0 saturated heterocycles. The van der Waals surface area contributed by atoms with E-state index in [1.807, 2.05) is 6.07 Å². The van der Waals surface area contributed by atoms with Gasteiger partial charge in [-0.15, -0.1) is 11.6 Å². The van der Waals surface area contributed by atoms with E-state index in [-0.39, 0.29) is 23.1 Å². The molecular formula is C21H24ClN3O5S. The zero-order valence-corrected chi connectivity index (χ0v) is 19.2. The summed E-state index contributed by atoms with van der Waals surface area (Å²) in [6, 6.07) is 8.65. The molecule has 0 radical (unpaired) electrons. The maximum Gasteiger partial charge on any atom is 0.411 e. The van der Waals surface area contributed by atoms with Gasteiger partial charge in [0, 0.05) is 23.5 Å². The largest absolute Gasteiger partial charge is 0.495 e. The minimum Gasteiger partial charge on any atom is -0.495 e. The Bertz CT molecular complexity index is 1220. The monoisotopic (exact) mass is 465 g/mol. The molecule has 0 spiro atoms. The van der Waals surface area contributed by atoms with E-state index in [0.29, 0.717) is 17.0 Å². The van der Waals surface area contributed by atoms with Gasteiger partial charge in [0.15, 0.2) is 9.84 Å². The molecule has 3 rings (SSSR count). The Balaban J connectivity index is 2.08. The number of halogens is 1. The number of hydrogen-bond acceptors (Lipinski definition) is 6. The summed E-state index contributed by atoms with van der Waals surface area (Å²) in [5.41, 5.74) is 2.43. The third-order valence-electron chi connectivity index (χ3n) is 4.61. The van der Waals surface area contributed by atoms with Crippen LogP contribution in [0, 0.1) is 0 Å². The quantitative estimate of drug-likeness (QED) is 0.543. The van der Waals surface area contributed by atoms with Gasteiger partial charge in [0.2, 0.25) is 0 Å². The second-order valence-electron chi connectivity index (χ2n) is 7.72. The molecule has 0 unspecified atom stereocenters. The molecule has 166 valence electrons. The number of anilines is 1. The number of sulfone groups is 1. The number of benzene rings is 1. The lowest BCUT2D eigenvalue weighted by atomic mass is 10.1. The van der Waals surface area contributed by atoms with Crippen molar-refractivity contribution in [3.63, 3.8) is 0 Å². The van der Waals surface area contributed by atoms with Gasteiger partial charge in [-0.3, -0.25) is 9.72 Å². The molecule has 2 aromatic heterocycles. The van der Waals surface area contributed by atoms with Gasteiger partial charge in [-0.05, 0) is 32.9 Å². The van der Waals surface area contributed by atoms with Crippen LogP contribution in [0.2, 0.25) is 0 Å². The summed E-state index contributed by atoms with van der Waals surface area (Å²) in [5, 5.41) is 2.64. The van der Waals surface area contributed by atoms with E-state index in [2.05, 4.69) is 10.3 Å². The van der Waals surface area contributed by atoms with E-state index in [1.54, 1.807) is 55.6 Å². The molecule has 8 nitrogen and oxygen atoms in total. The van der Waals surface area contributed by atoms with Crippen LogP contribution in [0.25, 0.3) is 16.9 Å². The lowest BCUT2D eigenvalue weighted by Crippen LogP contribution is -2.28. The highest BCUT2D eigenvalue weighted by molar-refractivity contribution is 7.92. The maximum atomic E-state index is 13.1. The van der Waals surface area contributed by atoms with Crippen LogP contribution in [0.5, 0.6) is 5.75 Å². The molecule has 0 aliphatic rings. The second-order valence-corrected chi connectivity index (χ2v) is 10.8. The van der Waals surface area contributed by atoms with Gasteiger partial charge in [-0.25, -0.2) is 18.2 Å². The molecule has 0 saturated carbocycles. The Morgan fingerprint density at radius 2 is 2.00 bits per heavy atom. The van der Waals surface area contributed by atoms with Crippen molar-refractivity contribution in [3.8, 4) is 17.0 Å². The van der Waals surface area contributed by atoms with E-state index < -0.39 is 20.7 Å². The third-order valence-corrected chi connectivity index (χ3v) is 7.26. The molecule has 31 heavy (non-hydrogen) atoms. The number of rotatable bonds is 6. The number of nitrogens with one attached hydrogen (secondary N) is 1. The maximum absolute atomic E-state index is 13.1. The molecule has 3 aromatic rings. The Labute approximate surface area is 186 Å². The highest BCUT2D eigenvalue weighted by Crippen LogP contribution is 2.34. The van der Waals surface area contributed by atoms with Crippen LogP contribution in [0.15, 0.2) is 47.6 Å².